The zero-order valence-corrected chi connectivity index (χ0v) is 10.9. The van der Waals surface area contributed by atoms with E-state index in [4.69, 9.17) is 10.5 Å². The van der Waals surface area contributed by atoms with Gasteiger partial charge >= 0.3 is 0 Å². The number of halogens is 1. The maximum Gasteiger partial charge on any atom is 0.129 e. The Balaban J connectivity index is 2.23. The average Bonchev–Trinajstić information content (AvgIpc) is 2.32. The Morgan fingerprint density at radius 2 is 2.44 bits per heavy atom. The van der Waals surface area contributed by atoms with E-state index >= 15 is 0 Å². The van der Waals surface area contributed by atoms with E-state index in [9.17, 15) is 0 Å². The topological polar surface area (TPSA) is 51.4 Å². The molecule has 0 bridgehead atoms. The van der Waals surface area contributed by atoms with Gasteiger partial charge in [0, 0.05) is 17.6 Å². The number of anilines is 1. The molecule has 0 saturated carbocycles. The van der Waals surface area contributed by atoms with Gasteiger partial charge in [-0.2, -0.15) is 0 Å². The Kier molecular flexibility index (Phi) is 3.78. The van der Waals surface area contributed by atoms with Gasteiger partial charge in [0.2, 0.25) is 0 Å². The summed E-state index contributed by atoms with van der Waals surface area (Å²) in [7, 11) is 0. The van der Waals surface area contributed by atoms with Crippen molar-refractivity contribution in [2.45, 2.75) is 13.0 Å². The Morgan fingerprint density at radius 1 is 1.62 bits per heavy atom. The van der Waals surface area contributed by atoms with Crippen molar-refractivity contribution in [1.29, 1.82) is 0 Å². The van der Waals surface area contributed by atoms with E-state index in [1.165, 1.54) is 0 Å². The molecule has 88 valence electrons. The molecule has 1 aromatic heterocycles. The SMILES string of the molecule is Cc1nc(N2CCOCC2CN)ccc1Br. The monoisotopic (exact) mass is 285 g/mol. The maximum absolute atomic E-state index is 5.74. The van der Waals surface area contributed by atoms with Crippen LogP contribution in [-0.4, -0.2) is 37.3 Å². The molecule has 0 spiro atoms. The zero-order chi connectivity index (χ0) is 11.5. The van der Waals surface area contributed by atoms with Gasteiger partial charge in [-0.15, -0.1) is 0 Å². The van der Waals surface area contributed by atoms with Gasteiger partial charge in [-0.3, -0.25) is 0 Å². The fraction of sp³-hybridized carbons (Fsp3) is 0.545. The lowest BCUT2D eigenvalue weighted by atomic mass is 10.2. The first-order valence-corrected chi connectivity index (χ1v) is 6.19. The van der Waals surface area contributed by atoms with E-state index in [0.29, 0.717) is 13.2 Å². The second kappa shape index (κ2) is 5.12. The number of rotatable bonds is 2. The fourth-order valence-corrected chi connectivity index (χ4v) is 2.06. The van der Waals surface area contributed by atoms with Gasteiger partial charge in [0.15, 0.2) is 0 Å². The summed E-state index contributed by atoms with van der Waals surface area (Å²) < 4.78 is 6.46. The van der Waals surface area contributed by atoms with Gasteiger partial charge in [0.1, 0.15) is 5.82 Å². The number of aromatic nitrogens is 1. The summed E-state index contributed by atoms with van der Waals surface area (Å²) in [6, 6.07) is 4.29. The Bertz CT molecular complexity index is 372. The lowest BCUT2D eigenvalue weighted by Crippen LogP contribution is -2.49. The molecule has 0 amide bonds. The van der Waals surface area contributed by atoms with Crippen LogP contribution < -0.4 is 10.6 Å². The van der Waals surface area contributed by atoms with Crippen molar-refractivity contribution < 1.29 is 4.74 Å². The summed E-state index contributed by atoms with van der Waals surface area (Å²) in [6.07, 6.45) is 0. The van der Waals surface area contributed by atoms with E-state index in [0.717, 1.165) is 29.1 Å². The van der Waals surface area contributed by atoms with E-state index in [1.807, 2.05) is 19.1 Å². The summed E-state index contributed by atoms with van der Waals surface area (Å²) in [5.41, 5.74) is 6.74. The van der Waals surface area contributed by atoms with Gasteiger partial charge in [0.05, 0.1) is 24.9 Å². The van der Waals surface area contributed by atoms with Crippen LogP contribution in [0, 0.1) is 6.92 Å². The third-order valence-corrected chi connectivity index (χ3v) is 3.64. The Morgan fingerprint density at radius 3 is 3.12 bits per heavy atom. The van der Waals surface area contributed by atoms with E-state index in [1.54, 1.807) is 0 Å². The van der Waals surface area contributed by atoms with E-state index in [-0.39, 0.29) is 6.04 Å². The minimum absolute atomic E-state index is 0.238. The molecule has 1 atom stereocenters. The molecule has 0 radical (unpaired) electrons. The van der Waals surface area contributed by atoms with Gasteiger partial charge in [-0.05, 0) is 35.0 Å². The van der Waals surface area contributed by atoms with Gasteiger partial charge in [-0.1, -0.05) is 0 Å². The molecular formula is C11H16BrN3O. The third kappa shape index (κ3) is 2.36. The lowest BCUT2D eigenvalue weighted by Gasteiger charge is -2.35. The molecule has 1 aromatic rings. The number of hydrogen-bond donors (Lipinski definition) is 1. The second-order valence-electron chi connectivity index (χ2n) is 3.89. The first kappa shape index (κ1) is 11.8. The first-order chi connectivity index (χ1) is 7.72. The zero-order valence-electron chi connectivity index (χ0n) is 9.32. The van der Waals surface area contributed by atoms with Crippen molar-refractivity contribution in [2.75, 3.05) is 31.2 Å². The molecular weight excluding hydrogens is 270 g/mol. The van der Waals surface area contributed by atoms with Crippen molar-refractivity contribution >= 4 is 21.7 Å². The van der Waals surface area contributed by atoms with Gasteiger partial charge < -0.3 is 15.4 Å². The Hall–Kier alpha value is -0.650. The minimum Gasteiger partial charge on any atom is -0.377 e. The number of ether oxygens (including phenoxy) is 1. The lowest BCUT2D eigenvalue weighted by molar-refractivity contribution is 0.0958. The molecule has 2 rings (SSSR count). The number of nitrogens with two attached hydrogens (primary N) is 1. The molecule has 1 aliphatic heterocycles. The molecule has 1 fully saturated rings. The number of hydrogen-bond acceptors (Lipinski definition) is 4. The second-order valence-corrected chi connectivity index (χ2v) is 4.75. The molecule has 5 heteroatoms. The van der Waals surface area contributed by atoms with Gasteiger partial charge in [0.25, 0.3) is 0 Å². The summed E-state index contributed by atoms with van der Waals surface area (Å²) in [4.78, 5) is 6.79. The van der Waals surface area contributed by atoms with Crippen molar-refractivity contribution in [2.24, 2.45) is 5.73 Å². The molecule has 1 unspecified atom stereocenters. The average molecular weight is 286 g/mol. The number of aryl methyl sites for hydroxylation is 1. The van der Waals surface area contributed by atoms with Crippen LogP contribution in [0.1, 0.15) is 5.69 Å². The normalized spacial score (nSPS) is 21.2. The largest absolute Gasteiger partial charge is 0.377 e. The number of morpholine rings is 1. The van der Waals surface area contributed by atoms with Crippen molar-refractivity contribution in [3.05, 3.63) is 22.3 Å². The highest BCUT2D eigenvalue weighted by molar-refractivity contribution is 9.10. The molecule has 2 N–H and O–H groups in total. The predicted molar refractivity (Wildman–Crippen MR) is 67.7 cm³/mol. The quantitative estimate of drug-likeness (QED) is 0.891. The maximum atomic E-state index is 5.74. The van der Waals surface area contributed by atoms with Crippen LogP contribution in [0.25, 0.3) is 0 Å². The van der Waals surface area contributed by atoms with Crippen LogP contribution in [0.15, 0.2) is 16.6 Å². The molecule has 16 heavy (non-hydrogen) atoms. The Labute approximate surface area is 104 Å². The van der Waals surface area contributed by atoms with Crippen LogP contribution in [0.2, 0.25) is 0 Å². The number of pyridine rings is 1. The molecule has 0 aliphatic carbocycles. The van der Waals surface area contributed by atoms with Crippen molar-refractivity contribution in [3.63, 3.8) is 0 Å². The summed E-state index contributed by atoms with van der Waals surface area (Å²) in [5, 5.41) is 0. The van der Waals surface area contributed by atoms with Crippen LogP contribution in [0.5, 0.6) is 0 Å². The summed E-state index contributed by atoms with van der Waals surface area (Å²) >= 11 is 3.46. The van der Waals surface area contributed by atoms with E-state index in [2.05, 4.69) is 25.8 Å². The van der Waals surface area contributed by atoms with Crippen LogP contribution in [0.3, 0.4) is 0 Å². The highest BCUT2D eigenvalue weighted by atomic mass is 79.9. The van der Waals surface area contributed by atoms with Crippen molar-refractivity contribution in [1.82, 2.24) is 4.98 Å². The minimum atomic E-state index is 0.238. The first-order valence-electron chi connectivity index (χ1n) is 5.40. The van der Waals surface area contributed by atoms with Crippen LogP contribution >= 0.6 is 15.9 Å². The predicted octanol–water partition coefficient (Wildman–Crippen LogP) is 1.32. The van der Waals surface area contributed by atoms with Crippen LogP contribution in [0.4, 0.5) is 5.82 Å². The van der Waals surface area contributed by atoms with Gasteiger partial charge in [-0.25, -0.2) is 4.98 Å². The summed E-state index contributed by atoms with van der Waals surface area (Å²) in [6.45, 7) is 4.87. The molecule has 2 heterocycles. The third-order valence-electron chi connectivity index (χ3n) is 2.80. The molecule has 0 aromatic carbocycles. The standard InChI is InChI=1S/C11H16BrN3O/c1-8-10(12)2-3-11(14-8)15-4-5-16-7-9(15)6-13/h2-3,9H,4-7,13H2,1H3. The highest BCUT2D eigenvalue weighted by Gasteiger charge is 2.22. The fourth-order valence-electron chi connectivity index (χ4n) is 1.84. The van der Waals surface area contributed by atoms with Crippen LogP contribution in [-0.2, 0) is 4.74 Å². The van der Waals surface area contributed by atoms with E-state index < -0.39 is 0 Å². The highest BCUT2D eigenvalue weighted by Crippen LogP contribution is 2.21. The molecule has 1 aliphatic rings. The molecule has 1 saturated heterocycles. The summed E-state index contributed by atoms with van der Waals surface area (Å²) in [5.74, 6) is 0.986. The number of nitrogens with zero attached hydrogens (tertiary/aromatic N) is 2. The molecule has 4 nitrogen and oxygen atoms in total. The smallest absolute Gasteiger partial charge is 0.129 e. The van der Waals surface area contributed by atoms with Crippen molar-refractivity contribution in [3.8, 4) is 0 Å².